The van der Waals surface area contributed by atoms with Gasteiger partial charge in [0.05, 0.1) is 0 Å². The van der Waals surface area contributed by atoms with Gasteiger partial charge in [0, 0.05) is 19.3 Å². The Kier molecular flexibility index (Phi) is 4.55. The fourth-order valence-electron chi connectivity index (χ4n) is 3.22. The molecule has 4 nitrogen and oxygen atoms in total. The zero-order chi connectivity index (χ0) is 15.6. The molecule has 21 heavy (non-hydrogen) atoms. The van der Waals surface area contributed by atoms with Crippen molar-refractivity contribution < 1.29 is 9.90 Å². The molecule has 0 aliphatic carbocycles. The fraction of sp³-hybridized carbons (Fsp3) is 0.647. The van der Waals surface area contributed by atoms with E-state index >= 15 is 0 Å². The highest BCUT2D eigenvalue weighted by atomic mass is 16.4. The monoisotopic (exact) mass is 290 g/mol. The minimum absolute atomic E-state index is 0.311. The molecule has 0 aromatic carbocycles. The number of carboxylic acids is 1. The molecule has 1 unspecified atom stereocenters. The molecule has 1 aliphatic heterocycles. The molecule has 1 N–H and O–H groups in total. The lowest BCUT2D eigenvalue weighted by molar-refractivity contribution is 0.0696. The van der Waals surface area contributed by atoms with Crippen LogP contribution in [0.4, 0.5) is 5.82 Å². The van der Waals surface area contributed by atoms with Crippen LogP contribution in [0.3, 0.4) is 0 Å². The van der Waals surface area contributed by atoms with Crippen LogP contribution in [0.25, 0.3) is 0 Å². The minimum Gasteiger partial charge on any atom is -0.478 e. The first-order valence-electron chi connectivity index (χ1n) is 7.74. The third kappa shape index (κ3) is 3.55. The van der Waals surface area contributed by atoms with Gasteiger partial charge in [0.1, 0.15) is 11.4 Å². The number of aryl methyl sites for hydroxylation is 1. The number of aromatic carboxylic acids is 1. The number of hydrogen-bond donors (Lipinski definition) is 1. The van der Waals surface area contributed by atoms with Crippen LogP contribution in [0.2, 0.25) is 0 Å². The van der Waals surface area contributed by atoms with Crippen molar-refractivity contribution in [1.82, 2.24) is 4.98 Å². The second kappa shape index (κ2) is 6.04. The summed E-state index contributed by atoms with van der Waals surface area (Å²) in [6.45, 7) is 10.5. The zero-order valence-electron chi connectivity index (χ0n) is 13.5. The molecule has 0 radical (unpaired) electrons. The summed E-state index contributed by atoms with van der Waals surface area (Å²) in [5, 5.41) is 9.46. The van der Waals surface area contributed by atoms with Crippen molar-refractivity contribution in [2.24, 2.45) is 11.3 Å². The van der Waals surface area contributed by atoms with E-state index in [1.165, 1.54) is 6.42 Å². The molecule has 1 aliphatic rings. The maximum atomic E-state index is 11.5. The van der Waals surface area contributed by atoms with Crippen LogP contribution in [0, 0.1) is 18.3 Å². The number of pyridine rings is 1. The van der Waals surface area contributed by atoms with E-state index < -0.39 is 5.97 Å². The molecule has 2 heterocycles. The molecular formula is C17H26N2O2. The van der Waals surface area contributed by atoms with Gasteiger partial charge in [0.25, 0.3) is 0 Å². The van der Waals surface area contributed by atoms with Gasteiger partial charge in [-0.05, 0) is 49.1 Å². The summed E-state index contributed by atoms with van der Waals surface area (Å²) in [4.78, 5) is 18.0. The van der Waals surface area contributed by atoms with Gasteiger partial charge >= 0.3 is 5.97 Å². The Bertz CT molecular complexity index is 520. The van der Waals surface area contributed by atoms with Gasteiger partial charge in [-0.15, -0.1) is 0 Å². The Hall–Kier alpha value is -1.58. The van der Waals surface area contributed by atoms with E-state index in [2.05, 4.69) is 30.7 Å². The van der Waals surface area contributed by atoms with Crippen molar-refractivity contribution in [2.75, 3.05) is 18.0 Å². The van der Waals surface area contributed by atoms with Crippen LogP contribution in [-0.2, 0) is 0 Å². The lowest BCUT2D eigenvalue weighted by atomic mass is 9.77. The Balaban J connectivity index is 2.24. The van der Waals surface area contributed by atoms with Crippen molar-refractivity contribution in [3.05, 3.63) is 23.4 Å². The predicted octanol–water partition coefficient (Wildman–Crippen LogP) is 3.74. The summed E-state index contributed by atoms with van der Waals surface area (Å²) in [6.07, 6.45) is 5.10. The van der Waals surface area contributed by atoms with Crippen LogP contribution < -0.4 is 4.90 Å². The molecule has 2 rings (SSSR count). The van der Waals surface area contributed by atoms with Gasteiger partial charge in [-0.25, -0.2) is 9.78 Å². The third-order valence-electron chi connectivity index (χ3n) is 4.61. The van der Waals surface area contributed by atoms with Crippen molar-refractivity contribution in [3.63, 3.8) is 0 Å². The average Bonchev–Trinajstić information content (AvgIpc) is 2.63. The Labute approximate surface area is 127 Å². The first-order valence-corrected chi connectivity index (χ1v) is 7.74. The summed E-state index contributed by atoms with van der Waals surface area (Å²) in [5.74, 6) is 0.435. The molecule has 1 aromatic rings. The van der Waals surface area contributed by atoms with Crippen LogP contribution >= 0.6 is 0 Å². The molecule has 116 valence electrons. The van der Waals surface area contributed by atoms with Gasteiger partial charge in [0.2, 0.25) is 0 Å². The number of nitrogens with zero attached hydrogens (tertiary/aromatic N) is 2. The van der Waals surface area contributed by atoms with Crippen LogP contribution in [0.15, 0.2) is 12.3 Å². The molecule has 0 saturated carbocycles. The summed E-state index contributed by atoms with van der Waals surface area (Å²) in [6, 6.07) is 1.77. The summed E-state index contributed by atoms with van der Waals surface area (Å²) < 4.78 is 0. The largest absolute Gasteiger partial charge is 0.478 e. The maximum absolute atomic E-state index is 11.5. The number of anilines is 1. The Morgan fingerprint density at radius 2 is 2.05 bits per heavy atom. The molecule has 1 aromatic heterocycles. The van der Waals surface area contributed by atoms with E-state index in [0.29, 0.717) is 22.7 Å². The first-order chi connectivity index (χ1) is 9.80. The maximum Gasteiger partial charge on any atom is 0.339 e. The van der Waals surface area contributed by atoms with E-state index in [1.54, 1.807) is 12.3 Å². The highest BCUT2D eigenvalue weighted by Crippen LogP contribution is 2.35. The first kappa shape index (κ1) is 15.8. The topological polar surface area (TPSA) is 53.4 Å². The number of aromatic nitrogens is 1. The van der Waals surface area contributed by atoms with Crippen molar-refractivity contribution in [2.45, 2.75) is 47.0 Å². The third-order valence-corrected chi connectivity index (χ3v) is 4.61. The van der Waals surface area contributed by atoms with Crippen LogP contribution in [0.5, 0.6) is 0 Å². The lowest BCUT2D eigenvalue weighted by Crippen LogP contribution is -2.28. The molecule has 0 amide bonds. The van der Waals surface area contributed by atoms with E-state index in [4.69, 9.17) is 0 Å². The molecule has 1 atom stereocenters. The van der Waals surface area contributed by atoms with E-state index in [0.717, 1.165) is 31.5 Å². The second-order valence-corrected chi connectivity index (χ2v) is 7.11. The molecule has 0 bridgehead atoms. The summed E-state index contributed by atoms with van der Waals surface area (Å²) in [7, 11) is 0. The predicted molar refractivity (Wildman–Crippen MR) is 84.9 cm³/mol. The highest BCUT2D eigenvalue weighted by Gasteiger charge is 2.28. The van der Waals surface area contributed by atoms with Gasteiger partial charge in [0.15, 0.2) is 0 Å². The number of rotatable bonds is 2. The van der Waals surface area contributed by atoms with Crippen LogP contribution in [-0.4, -0.2) is 29.1 Å². The van der Waals surface area contributed by atoms with Crippen molar-refractivity contribution >= 4 is 11.8 Å². The van der Waals surface area contributed by atoms with E-state index in [1.807, 2.05) is 6.92 Å². The smallest absolute Gasteiger partial charge is 0.339 e. The second-order valence-electron chi connectivity index (χ2n) is 7.11. The van der Waals surface area contributed by atoms with Gasteiger partial charge in [-0.2, -0.15) is 0 Å². The minimum atomic E-state index is -0.882. The molecule has 4 heteroatoms. The molecular weight excluding hydrogens is 264 g/mol. The Morgan fingerprint density at radius 1 is 1.33 bits per heavy atom. The molecule has 0 spiro atoms. The standard InChI is InChI=1S/C17H26N2O2/c1-12-7-9-18-15(14(12)16(20)21)19-10-5-6-13(8-11-19)17(2,3)4/h7,9,13H,5-6,8,10-11H2,1-4H3,(H,20,21). The van der Waals surface area contributed by atoms with Gasteiger partial charge < -0.3 is 10.0 Å². The normalized spacial score (nSPS) is 20.2. The lowest BCUT2D eigenvalue weighted by Gasteiger charge is -2.30. The molecule has 1 saturated heterocycles. The van der Waals surface area contributed by atoms with Crippen molar-refractivity contribution in [3.8, 4) is 0 Å². The molecule has 1 fully saturated rings. The summed E-state index contributed by atoms with van der Waals surface area (Å²) in [5.41, 5.74) is 1.45. The van der Waals surface area contributed by atoms with Gasteiger partial charge in [-0.3, -0.25) is 0 Å². The average molecular weight is 290 g/mol. The SMILES string of the molecule is Cc1ccnc(N2CCCC(C(C)(C)C)CC2)c1C(=O)O. The fourth-order valence-corrected chi connectivity index (χ4v) is 3.22. The van der Waals surface area contributed by atoms with Gasteiger partial charge in [-0.1, -0.05) is 20.8 Å². The summed E-state index contributed by atoms with van der Waals surface area (Å²) >= 11 is 0. The van der Waals surface area contributed by atoms with Crippen LogP contribution in [0.1, 0.15) is 56.0 Å². The Morgan fingerprint density at radius 3 is 2.67 bits per heavy atom. The number of carbonyl (C=O) groups is 1. The number of carboxylic acid groups (broad SMARTS) is 1. The van der Waals surface area contributed by atoms with Crippen molar-refractivity contribution in [1.29, 1.82) is 0 Å². The van der Waals surface area contributed by atoms with E-state index in [-0.39, 0.29) is 0 Å². The zero-order valence-corrected chi connectivity index (χ0v) is 13.5. The van der Waals surface area contributed by atoms with E-state index in [9.17, 15) is 9.90 Å². The number of hydrogen-bond acceptors (Lipinski definition) is 3. The highest BCUT2D eigenvalue weighted by molar-refractivity contribution is 5.94. The quantitative estimate of drug-likeness (QED) is 0.901.